The monoisotopic (exact) mass is 501 g/mol. The van der Waals surface area contributed by atoms with Crippen molar-refractivity contribution in [2.24, 2.45) is 4.99 Å². The zero-order valence-corrected chi connectivity index (χ0v) is 19.7. The Labute approximate surface area is 186 Å². The van der Waals surface area contributed by atoms with Crippen LogP contribution in [0.2, 0.25) is 0 Å². The number of nitrogens with one attached hydrogen (secondary N) is 2. The molecule has 28 heavy (non-hydrogen) atoms. The number of likely N-dealkylation sites (tertiary alicyclic amines) is 1. The molecule has 1 aliphatic carbocycles. The minimum absolute atomic E-state index is 0. The molecule has 1 aliphatic heterocycles. The molecule has 0 aromatic carbocycles. The molecule has 0 radical (unpaired) electrons. The summed E-state index contributed by atoms with van der Waals surface area (Å²) in [5.41, 5.74) is 1.09. The molecule has 158 valence electrons. The summed E-state index contributed by atoms with van der Waals surface area (Å²) in [6.45, 7) is 8.75. The van der Waals surface area contributed by atoms with E-state index in [2.05, 4.69) is 34.4 Å². The lowest BCUT2D eigenvalue weighted by molar-refractivity contribution is 0.242. The molecule has 2 N–H and O–H groups in total. The maximum atomic E-state index is 5.54. The second-order valence-electron chi connectivity index (χ2n) is 7.61. The Balaban J connectivity index is 0.00000280. The van der Waals surface area contributed by atoms with E-state index in [9.17, 15) is 0 Å². The maximum Gasteiger partial charge on any atom is 0.213 e. The van der Waals surface area contributed by atoms with Gasteiger partial charge in [0.1, 0.15) is 0 Å². The molecule has 7 heteroatoms. The Morgan fingerprint density at radius 2 is 2.07 bits per heavy atom. The predicted octanol–water partition coefficient (Wildman–Crippen LogP) is 3.56. The number of guanidine groups is 1. The van der Waals surface area contributed by atoms with Gasteiger partial charge in [-0.15, -0.1) is 24.0 Å². The Hall–Kier alpha value is -1.09. The fourth-order valence-corrected chi connectivity index (χ4v) is 3.99. The summed E-state index contributed by atoms with van der Waals surface area (Å²) in [6, 6.07) is 5.28. The van der Waals surface area contributed by atoms with Gasteiger partial charge in [-0.2, -0.15) is 0 Å². The summed E-state index contributed by atoms with van der Waals surface area (Å²) in [6.07, 6.45) is 9.61. The first-order valence-corrected chi connectivity index (χ1v) is 10.6. The number of aromatic nitrogens is 1. The smallest absolute Gasteiger partial charge is 0.213 e. The van der Waals surface area contributed by atoms with Crippen molar-refractivity contribution >= 4 is 29.9 Å². The van der Waals surface area contributed by atoms with Gasteiger partial charge in [-0.3, -0.25) is 4.90 Å². The van der Waals surface area contributed by atoms with Crippen LogP contribution >= 0.6 is 24.0 Å². The van der Waals surface area contributed by atoms with Crippen LogP contribution in [-0.4, -0.2) is 54.2 Å². The molecule has 1 aromatic rings. The minimum Gasteiger partial charge on any atom is -0.478 e. The Morgan fingerprint density at radius 1 is 1.25 bits per heavy atom. The number of hydrogen-bond acceptors (Lipinski definition) is 4. The Morgan fingerprint density at radius 3 is 2.75 bits per heavy atom. The lowest BCUT2D eigenvalue weighted by Gasteiger charge is -2.24. The Bertz CT molecular complexity index is 589. The van der Waals surface area contributed by atoms with Crippen molar-refractivity contribution in [3.63, 3.8) is 0 Å². The molecule has 6 nitrogen and oxygen atoms in total. The first kappa shape index (κ1) is 23.2. The number of aliphatic imine (C=N–C) groups is 1. The summed E-state index contributed by atoms with van der Waals surface area (Å²) >= 11 is 0. The first-order chi connectivity index (χ1) is 13.3. The average molecular weight is 501 g/mol. The molecule has 0 bridgehead atoms. The largest absolute Gasteiger partial charge is 0.478 e. The third-order valence-electron chi connectivity index (χ3n) is 5.42. The van der Waals surface area contributed by atoms with E-state index in [-0.39, 0.29) is 24.0 Å². The number of pyridine rings is 1. The molecule has 1 aromatic heterocycles. The van der Waals surface area contributed by atoms with Gasteiger partial charge in [-0.1, -0.05) is 25.8 Å². The van der Waals surface area contributed by atoms with Crippen molar-refractivity contribution in [1.29, 1.82) is 0 Å². The lowest BCUT2D eigenvalue weighted by atomic mass is 10.2. The van der Waals surface area contributed by atoms with Crippen LogP contribution in [0.25, 0.3) is 0 Å². The Kier molecular flexibility index (Phi) is 10.3. The van der Waals surface area contributed by atoms with Gasteiger partial charge in [0.25, 0.3) is 0 Å². The third-order valence-corrected chi connectivity index (χ3v) is 5.42. The van der Waals surface area contributed by atoms with Crippen LogP contribution in [0.5, 0.6) is 5.88 Å². The predicted molar refractivity (Wildman–Crippen MR) is 126 cm³/mol. The molecule has 2 heterocycles. The van der Waals surface area contributed by atoms with Gasteiger partial charge >= 0.3 is 0 Å². The summed E-state index contributed by atoms with van der Waals surface area (Å²) in [5, 5.41) is 7.01. The molecular formula is C21H36IN5O. The van der Waals surface area contributed by atoms with Crippen LogP contribution in [0.15, 0.2) is 23.3 Å². The van der Waals surface area contributed by atoms with Gasteiger partial charge in [0, 0.05) is 44.0 Å². The molecule has 2 aliphatic rings. The summed E-state index contributed by atoms with van der Waals surface area (Å²) in [7, 11) is 0. The molecule has 2 fully saturated rings. The molecule has 0 amide bonds. The number of nitrogens with zero attached hydrogens (tertiary/aromatic N) is 3. The molecule has 1 unspecified atom stereocenters. The molecule has 1 saturated carbocycles. The topological polar surface area (TPSA) is 61.8 Å². The molecule has 1 atom stereocenters. The quantitative estimate of drug-likeness (QED) is 0.324. The zero-order valence-electron chi connectivity index (χ0n) is 17.3. The van der Waals surface area contributed by atoms with E-state index in [1.165, 1.54) is 38.6 Å². The van der Waals surface area contributed by atoms with Gasteiger partial charge in [-0.05, 0) is 38.2 Å². The van der Waals surface area contributed by atoms with Crippen LogP contribution in [-0.2, 0) is 6.54 Å². The van der Waals surface area contributed by atoms with Crippen molar-refractivity contribution in [3.8, 4) is 5.88 Å². The normalized spacial score (nSPS) is 20.8. The van der Waals surface area contributed by atoms with Gasteiger partial charge in [0.05, 0.1) is 13.2 Å². The second-order valence-corrected chi connectivity index (χ2v) is 7.61. The van der Waals surface area contributed by atoms with Crippen LogP contribution in [0.1, 0.15) is 57.9 Å². The SMILES string of the molecule is CCCOc1ccc(CN=C(NCC)NC2CCN(C3CCCC3)C2)cn1.I. The molecular weight excluding hydrogens is 465 g/mol. The number of rotatable bonds is 8. The standard InChI is InChI=1S/C21H35N5O.HI/c1-3-13-27-20-10-9-17(14-23-20)15-24-21(22-4-2)25-18-11-12-26(16-18)19-7-5-6-8-19;/h9-10,14,18-19H,3-8,11-13,15-16H2,1-2H3,(H2,22,24,25);1H. The summed E-state index contributed by atoms with van der Waals surface area (Å²) in [4.78, 5) is 11.8. The third kappa shape index (κ3) is 7.06. The fourth-order valence-electron chi connectivity index (χ4n) is 3.99. The van der Waals surface area contributed by atoms with E-state index in [1.807, 2.05) is 18.3 Å². The van der Waals surface area contributed by atoms with Gasteiger partial charge in [0.15, 0.2) is 5.96 Å². The summed E-state index contributed by atoms with van der Waals surface area (Å²) in [5.74, 6) is 1.59. The van der Waals surface area contributed by atoms with E-state index >= 15 is 0 Å². The first-order valence-electron chi connectivity index (χ1n) is 10.6. The van der Waals surface area contributed by atoms with Crippen LogP contribution < -0.4 is 15.4 Å². The second kappa shape index (κ2) is 12.5. The minimum atomic E-state index is 0. The highest BCUT2D eigenvalue weighted by Crippen LogP contribution is 2.26. The van der Waals surface area contributed by atoms with Crippen molar-refractivity contribution in [2.75, 3.05) is 26.2 Å². The lowest BCUT2D eigenvalue weighted by Crippen LogP contribution is -2.45. The van der Waals surface area contributed by atoms with E-state index in [1.54, 1.807) is 0 Å². The van der Waals surface area contributed by atoms with Crippen molar-refractivity contribution in [2.45, 2.75) is 71.0 Å². The zero-order chi connectivity index (χ0) is 18.9. The molecule has 1 saturated heterocycles. The number of hydrogen-bond donors (Lipinski definition) is 2. The fraction of sp³-hybridized carbons (Fsp3) is 0.714. The van der Waals surface area contributed by atoms with E-state index in [4.69, 9.17) is 9.73 Å². The van der Waals surface area contributed by atoms with Crippen LogP contribution in [0, 0.1) is 0 Å². The van der Waals surface area contributed by atoms with Gasteiger partial charge < -0.3 is 15.4 Å². The van der Waals surface area contributed by atoms with Crippen LogP contribution in [0.4, 0.5) is 0 Å². The average Bonchev–Trinajstić information content (AvgIpc) is 3.37. The molecule has 3 rings (SSSR count). The highest BCUT2D eigenvalue weighted by molar-refractivity contribution is 14.0. The van der Waals surface area contributed by atoms with Crippen LogP contribution in [0.3, 0.4) is 0 Å². The van der Waals surface area contributed by atoms with Gasteiger partial charge in [-0.25, -0.2) is 9.98 Å². The highest BCUT2D eigenvalue weighted by Gasteiger charge is 2.30. The van der Waals surface area contributed by atoms with E-state index < -0.39 is 0 Å². The van der Waals surface area contributed by atoms with Crippen molar-refractivity contribution in [3.05, 3.63) is 23.9 Å². The van der Waals surface area contributed by atoms with E-state index in [0.29, 0.717) is 25.1 Å². The van der Waals surface area contributed by atoms with Crippen molar-refractivity contribution in [1.82, 2.24) is 20.5 Å². The van der Waals surface area contributed by atoms with Gasteiger partial charge in [0.2, 0.25) is 5.88 Å². The van der Waals surface area contributed by atoms with Crippen molar-refractivity contribution < 1.29 is 4.74 Å². The van der Waals surface area contributed by atoms with E-state index in [0.717, 1.165) is 37.1 Å². The number of halogens is 1. The maximum absolute atomic E-state index is 5.54. The number of ether oxygens (including phenoxy) is 1. The molecule has 0 spiro atoms. The summed E-state index contributed by atoms with van der Waals surface area (Å²) < 4.78 is 5.54. The highest BCUT2D eigenvalue weighted by atomic mass is 127.